The fraction of sp³-hybridized carbons (Fsp3) is 0.929. The number of hydrogen-bond donors (Lipinski definition) is 0. The smallest absolute Gasteiger partial charge is 0.411 e. The third-order valence-corrected chi connectivity index (χ3v) is 8.07. The Hall–Kier alpha value is -0.700. The minimum Gasteiger partial charge on any atom is -0.479 e. The molecule has 4 nitrogen and oxygen atoms in total. The van der Waals surface area contributed by atoms with E-state index in [1.807, 2.05) is 0 Å². The van der Waals surface area contributed by atoms with Gasteiger partial charge in [0, 0.05) is 6.54 Å². The predicted octanol–water partition coefficient (Wildman–Crippen LogP) is 10.0. The molecule has 37 heavy (non-hydrogen) atoms. The van der Waals surface area contributed by atoms with Crippen molar-refractivity contribution >= 4 is 34.5 Å². The van der Waals surface area contributed by atoms with Gasteiger partial charge in [0.15, 0.2) is 0 Å². The SMILES string of the molecule is CCCCCCCCCCCCCCCCCCOC(=S)S[C@@H]1[C@@H](C(F)(F)F)CN1C(=O)OC(C)(C)C. The molecule has 9 heteroatoms. The summed E-state index contributed by atoms with van der Waals surface area (Å²) in [4.78, 5) is 13.4. The molecule has 218 valence electrons. The number of likely N-dealkylation sites (tertiary alicyclic amines) is 1. The zero-order valence-corrected chi connectivity index (χ0v) is 25.1. The maximum atomic E-state index is 13.3. The van der Waals surface area contributed by atoms with Crippen molar-refractivity contribution in [3.05, 3.63) is 0 Å². The van der Waals surface area contributed by atoms with E-state index in [4.69, 9.17) is 21.7 Å². The van der Waals surface area contributed by atoms with Crippen LogP contribution in [0.1, 0.15) is 130 Å². The average molecular weight is 570 g/mol. The third kappa shape index (κ3) is 16.1. The van der Waals surface area contributed by atoms with Gasteiger partial charge in [0.25, 0.3) is 0 Å². The van der Waals surface area contributed by atoms with Crippen molar-refractivity contribution in [2.45, 2.75) is 148 Å². The summed E-state index contributed by atoms with van der Waals surface area (Å²) in [7, 11) is 0. The highest BCUT2D eigenvalue weighted by atomic mass is 32.2. The summed E-state index contributed by atoms with van der Waals surface area (Å²) in [5.41, 5.74) is -0.778. The van der Waals surface area contributed by atoms with Crippen LogP contribution in [0.5, 0.6) is 0 Å². The Labute approximate surface area is 233 Å². The van der Waals surface area contributed by atoms with E-state index in [1.54, 1.807) is 20.8 Å². The molecular formula is C28H50F3NO3S2. The summed E-state index contributed by atoms with van der Waals surface area (Å²) < 4.78 is 50.7. The Bertz CT molecular complexity index is 641. The predicted molar refractivity (Wildman–Crippen MR) is 152 cm³/mol. The first-order valence-corrected chi connectivity index (χ1v) is 15.6. The number of thiocarbonyl (C=S) groups is 1. The van der Waals surface area contributed by atoms with Crippen LogP contribution < -0.4 is 0 Å². The molecule has 1 aliphatic rings. The van der Waals surface area contributed by atoms with Crippen molar-refractivity contribution in [1.82, 2.24) is 4.90 Å². The number of ether oxygens (including phenoxy) is 2. The van der Waals surface area contributed by atoms with Crippen LogP contribution in [0.4, 0.5) is 18.0 Å². The molecule has 1 amide bonds. The van der Waals surface area contributed by atoms with Crippen molar-refractivity contribution in [3.8, 4) is 0 Å². The fourth-order valence-electron chi connectivity index (χ4n) is 4.33. The molecule has 2 atom stereocenters. The molecule has 1 saturated heterocycles. The van der Waals surface area contributed by atoms with Crippen LogP contribution in [0.15, 0.2) is 0 Å². The summed E-state index contributed by atoms with van der Waals surface area (Å²) in [6.45, 7) is 7.27. The first-order valence-electron chi connectivity index (χ1n) is 14.4. The molecule has 1 fully saturated rings. The van der Waals surface area contributed by atoms with Crippen molar-refractivity contribution in [3.63, 3.8) is 0 Å². The first kappa shape index (κ1) is 34.3. The number of alkyl halides is 3. The second-order valence-corrected chi connectivity index (χ2v) is 12.9. The van der Waals surface area contributed by atoms with Crippen LogP contribution in [-0.2, 0) is 9.47 Å². The molecule has 0 bridgehead atoms. The lowest BCUT2D eigenvalue weighted by Crippen LogP contribution is -2.62. The van der Waals surface area contributed by atoms with Crippen LogP contribution in [-0.4, -0.2) is 45.7 Å². The number of halogens is 3. The standard InChI is InChI=1S/C28H50F3NO3S2/c1-5-6-7-8-9-10-11-12-13-14-15-16-17-18-19-20-21-34-26(36)37-24-23(28(29,30)31)22-32(24)25(33)35-27(2,3)4/h23-24H,5-22H2,1-4H3/t23-,24+/m0/s1. The Kier molecular flexibility index (Phi) is 17.2. The third-order valence-electron chi connectivity index (χ3n) is 6.53. The monoisotopic (exact) mass is 569 g/mol. The average Bonchev–Trinajstić information content (AvgIpc) is 2.76. The van der Waals surface area contributed by atoms with E-state index in [-0.39, 0.29) is 4.38 Å². The lowest BCUT2D eigenvalue weighted by Gasteiger charge is -2.47. The van der Waals surface area contributed by atoms with Gasteiger partial charge in [0.2, 0.25) is 4.38 Å². The lowest BCUT2D eigenvalue weighted by molar-refractivity contribution is -0.211. The van der Waals surface area contributed by atoms with Crippen LogP contribution in [0.2, 0.25) is 0 Å². The van der Waals surface area contributed by atoms with Crippen molar-refractivity contribution in [2.75, 3.05) is 13.2 Å². The molecule has 0 unspecified atom stereocenters. The van der Waals surface area contributed by atoms with E-state index in [1.165, 1.54) is 83.5 Å². The van der Waals surface area contributed by atoms with Crippen LogP contribution in [0, 0.1) is 5.92 Å². The molecule has 1 aliphatic heterocycles. The van der Waals surface area contributed by atoms with Crippen molar-refractivity contribution < 1.29 is 27.4 Å². The first-order chi connectivity index (χ1) is 17.5. The normalized spacial score (nSPS) is 18.0. The molecule has 0 spiro atoms. The molecule has 1 rings (SSSR count). The van der Waals surface area contributed by atoms with Gasteiger partial charge in [-0.25, -0.2) is 4.79 Å². The molecule has 0 radical (unpaired) electrons. The van der Waals surface area contributed by atoms with Crippen LogP contribution in [0.25, 0.3) is 0 Å². The van der Waals surface area contributed by atoms with E-state index < -0.39 is 35.7 Å². The quantitative estimate of drug-likeness (QED) is 0.121. The summed E-state index contributed by atoms with van der Waals surface area (Å²) >= 11 is 5.95. The highest BCUT2D eigenvalue weighted by Gasteiger charge is 2.57. The van der Waals surface area contributed by atoms with Crippen molar-refractivity contribution in [1.29, 1.82) is 0 Å². The number of hydrogen-bond acceptors (Lipinski definition) is 5. The molecular weight excluding hydrogens is 519 g/mol. The van der Waals surface area contributed by atoms with E-state index in [0.717, 1.165) is 35.9 Å². The lowest BCUT2D eigenvalue weighted by atomic mass is 10.00. The fourth-order valence-corrected chi connectivity index (χ4v) is 5.77. The Morgan fingerprint density at radius 2 is 1.27 bits per heavy atom. The van der Waals surface area contributed by atoms with Gasteiger partial charge in [-0.05, 0) is 39.4 Å². The molecule has 0 aromatic rings. The summed E-state index contributed by atoms with van der Waals surface area (Å²) in [6.07, 6.45) is 15.2. The number of carbonyl (C=O) groups is 1. The van der Waals surface area contributed by atoms with Gasteiger partial charge in [0.05, 0.1) is 6.61 Å². The van der Waals surface area contributed by atoms with Crippen molar-refractivity contribution in [2.24, 2.45) is 5.92 Å². The van der Waals surface area contributed by atoms with Gasteiger partial charge >= 0.3 is 12.3 Å². The summed E-state index contributed by atoms with van der Waals surface area (Å²) in [5, 5.41) is -1.15. The van der Waals surface area contributed by atoms with E-state index in [0.29, 0.717) is 6.61 Å². The highest BCUT2D eigenvalue weighted by Crippen LogP contribution is 2.45. The van der Waals surface area contributed by atoms with E-state index >= 15 is 0 Å². The molecule has 0 N–H and O–H groups in total. The molecule has 0 aromatic carbocycles. The van der Waals surface area contributed by atoms with Gasteiger partial charge in [-0.1, -0.05) is 115 Å². The second kappa shape index (κ2) is 18.6. The number of rotatable bonds is 18. The number of carbonyl (C=O) groups excluding carboxylic acids is 1. The number of unbranched alkanes of at least 4 members (excludes halogenated alkanes) is 15. The minimum absolute atomic E-state index is 0.0495. The van der Waals surface area contributed by atoms with Gasteiger partial charge < -0.3 is 9.47 Å². The van der Waals surface area contributed by atoms with Crippen LogP contribution >= 0.6 is 24.0 Å². The van der Waals surface area contributed by atoms with Gasteiger partial charge in [-0.15, -0.1) is 0 Å². The topological polar surface area (TPSA) is 38.8 Å². The van der Waals surface area contributed by atoms with E-state index in [9.17, 15) is 18.0 Å². The summed E-state index contributed by atoms with van der Waals surface area (Å²) in [6, 6.07) is 0. The molecule has 1 heterocycles. The minimum atomic E-state index is -4.40. The summed E-state index contributed by atoms with van der Waals surface area (Å²) in [5.74, 6) is -1.64. The van der Waals surface area contributed by atoms with E-state index in [2.05, 4.69) is 6.92 Å². The van der Waals surface area contributed by atoms with Gasteiger partial charge in [-0.3, -0.25) is 4.90 Å². The molecule has 0 aromatic heterocycles. The number of thioether (sulfide) groups is 1. The maximum absolute atomic E-state index is 13.3. The zero-order chi connectivity index (χ0) is 27.7. The largest absolute Gasteiger partial charge is 0.479 e. The Morgan fingerprint density at radius 1 is 0.838 bits per heavy atom. The highest BCUT2D eigenvalue weighted by molar-refractivity contribution is 8.23. The van der Waals surface area contributed by atoms with Gasteiger partial charge in [-0.2, -0.15) is 13.2 Å². The molecule has 0 aliphatic carbocycles. The second-order valence-electron chi connectivity index (χ2n) is 11.2. The van der Waals surface area contributed by atoms with Crippen LogP contribution in [0.3, 0.4) is 0 Å². The Balaban J connectivity index is 2.07. The Morgan fingerprint density at radius 3 is 1.68 bits per heavy atom. The maximum Gasteiger partial charge on any atom is 0.411 e. The number of nitrogens with zero attached hydrogens (tertiary/aromatic N) is 1. The zero-order valence-electron chi connectivity index (χ0n) is 23.5. The van der Waals surface area contributed by atoms with Gasteiger partial charge in [0.1, 0.15) is 16.9 Å². The molecule has 0 saturated carbocycles. The number of amides is 1.